The topological polar surface area (TPSA) is 72.3 Å². The van der Waals surface area contributed by atoms with Gasteiger partial charge in [-0.1, -0.05) is 0 Å². The molecule has 0 saturated carbocycles. The highest BCUT2D eigenvalue weighted by molar-refractivity contribution is 7.89. The van der Waals surface area contributed by atoms with Gasteiger partial charge in [0, 0.05) is 13.1 Å². The Labute approximate surface area is 93.9 Å². The number of rotatable bonds is 3. The first kappa shape index (κ1) is 11.3. The first-order chi connectivity index (χ1) is 7.58. The van der Waals surface area contributed by atoms with Crippen molar-refractivity contribution in [1.82, 2.24) is 13.9 Å². The van der Waals surface area contributed by atoms with Crippen LogP contribution in [0.4, 0.5) is 0 Å². The average Bonchev–Trinajstić information content (AvgIpc) is 2.70. The van der Waals surface area contributed by atoms with Crippen LogP contribution in [0.25, 0.3) is 0 Å². The van der Waals surface area contributed by atoms with Crippen molar-refractivity contribution in [3.05, 3.63) is 17.7 Å². The van der Waals surface area contributed by atoms with E-state index in [4.69, 9.17) is 0 Å². The van der Waals surface area contributed by atoms with Gasteiger partial charge in [0.2, 0.25) is 10.0 Å². The number of fused-ring (bicyclic) bond motifs is 1. The summed E-state index contributed by atoms with van der Waals surface area (Å²) in [6, 6.07) is 0. The molecule has 0 aliphatic carbocycles. The maximum Gasteiger partial charge on any atom is 0.214 e. The van der Waals surface area contributed by atoms with E-state index >= 15 is 0 Å². The summed E-state index contributed by atoms with van der Waals surface area (Å²) in [5.41, 5.74) is 1.01. The number of hydrogen-bond acceptors (Lipinski definition) is 4. The van der Waals surface area contributed by atoms with Crippen molar-refractivity contribution in [2.45, 2.75) is 20.0 Å². The Morgan fingerprint density at radius 1 is 1.50 bits per heavy atom. The molecule has 7 heteroatoms. The van der Waals surface area contributed by atoms with E-state index in [2.05, 4.69) is 4.98 Å². The van der Waals surface area contributed by atoms with Gasteiger partial charge in [0.05, 0.1) is 24.3 Å². The summed E-state index contributed by atoms with van der Waals surface area (Å²) >= 11 is 0. The van der Waals surface area contributed by atoms with Crippen LogP contribution in [-0.2, 0) is 23.1 Å². The molecule has 1 aliphatic heterocycles. The fourth-order valence-electron chi connectivity index (χ4n) is 1.77. The molecule has 1 aromatic heterocycles. The lowest BCUT2D eigenvalue weighted by Gasteiger charge is -2.27. The van der Waals surface area contributed by atoms with E-state index in [1.807, 2.05) is 4.57 Å². The van der Waals surface area contributed by atoms with E-state index in [-0.39, 0.29) is 12.3 Å². The number of carbonyl (C=O) groups is 1. The molecule has 0 spiro atoms. The average molecular weight is 243 g/mol. The second-order valence-electron chi connectivity index (χ2n) is 3.62. The maximum absolute atomic E-state index is 11.7. The highest BCUT2D eigenvalue weighted by atomic mass is 32.2. The van der Waals surface area contributed by atoms with Crippen LogP contribution >= 0.6 is 0 Å². The fourth-order valence-corrected chi connectivity index (χ4v) is 2.82. The van der Waals surface area contributed by atoms with Gasteiger partial charge < -0.3 is 4.57 Å². The van der Waals surface area contributed by atoms with Crippen LogP contribution in [0.2, 0.25) is 0 Å². The molecule has 0 amide bonds. The van der Waals surface area contributed by atoms with Crippen LogP contribution in [0.15, 0.2) is 6.33 Å². The highest BCUT2D eigenvalue weighted by Crippen LogP contribution is 2.17. The van der Waals surface area contributed by atoms with Crippen molar-refractivity contribution < 1.29 is 13.2 Å². The van der Waals surface area contributed by atoms with Crippen LogP contribution in [0.3, 0.4) is 0 Å². The third kappa shape index (κ3) is 1.76. The van der Waals surface area contributed by atoms with Gasteiger partial charge >= 0.3 is 0 Å². The zero-order valence-corrected chi connectivity index (χ0v) is 9.77. The normalized spacial score (nSPS) is 17.1. The molecule has 0 N–H and O–H groups in total. The Morgan fingerprint density at radius 2 is 2.25 bits per heavy atom. The Bertz CT molecular complexity index is 506. The van der Waals surface area contributed by atoms with Crippen molar-refractivity contribution in [3.63, 3.8) is 0 Å². The molecule has 0 bridgehead atoms. The molecule has 0 atom stereocenters. The lowest BCUT2D eigenvalue weighted by Crippen LogP contribution is -2.39. The maximum atomic E-state index is 11.7. The van der Waals surface area contributed by atoms with E-state index < -0.39 is 10.0 Å². The van der Waals surface area contributed by atoms with Gasteiger partial charge in [0.1, 0.15) is 5.69 Å². The fraction of sp³-hybridized carbons (Fsp3) is 0.556. The molecular weight excluding hydrogens is 230 g/mol. The predicted molar refractivity (Wildman–Crippen MR) is 57.5 cm³/mol. The van der Waals surface area contributed by atoms with Gasteiger partial charge in [0.25, 0.3) is 0 Å². The van der Waals surface area contributed by atoms with Crippen LogP contribution in [-0.4, -0.2) is 40.9 Å². The van der Waals surface area contributed by atoms with Gasteiger partial charge in [-0.3, -0.25) is 4.79 Å². The second kappa shape index (κ2) is 3.99. The van der Waals surface area contributed by atoms with E-state index in [1.165, 1.54) is 4.31 Å². The third-order valence-corrected chi connectivity index (χ3v) is 4.59. The molecule has 1 aromatic rings. The molecule has 2 heterocycles. The van der Waals surface area contributed by atoms with E-state index in [9.17, 15) is 13.2 Å². The number of nitrogens with zero attached hydrogens (tertiary/aromatic N) is 3. The molecule has 2 rings (SSSR count). The second-order valence-corrected chi connectivity index (χ2v) is 5.88. The summed E-state index contributed by atoms with van der Waals surface area (Å²) in [6.45, 7) is 2.85. The van der Waals surface area contributed by atoms with Crippen LogP contribution < -0.4 is 0 Å². The summed E-state index contributed by atoms with van der Waals surface area (Å²) in [6.07, 6.45) is 2.24. The van der Waals surface area contributed by atoms with Crippen molar-refractivity contribution in [1.29, 1.82) is 0 Å². The molecule has 0 fully saturated rings. The van der Waals surface area contributed by atoms with Crippen molar-refractivity contribution >= 4 is 16.3 Å². The van der Waals surface area contributed by atoms with E-state index in [0.29, 0.717) is 30.8 Å². The molecule has 0 unspecified atom stereocenters. The number of carbonyl (C=O) groups excluding carboxylic acids is 1. The lowest BCUT2D eigenvalue weighted by molar-refractivity contribution is 0.111. The highest BCUT2D eigenvalue weighted by Gasteiger charge is 2.27. The zero-order valence-electron chi connectivity index (χ0n) is 8.96. The minimum absolute atomic E-state index is 0.0809. The minimum atomic E-state index is -3.19. The Balaban J connectivity index is 2.32. The van der Waals surface area contributed by atoms with Gasteiger partial charge in [-0.05, 0) is 6.92 Å². The molecule has 1 aliphatic rings. The van der Waals surface area contributed by atoms with Crippen molar-refractivity contribution in [2.75, 3.05) is 12.3 Å². The summed E-state index contributed by atoms with van der Waals surface area (Å²) in [4.78, 5) is 14.7. The van der Waals surface area contributed by atoms with Crippen LogP contribution in [0.1, 0.15) is 23.1 Å². The van der Waals surface area contributed by atoms with Crippen molar-refractivity contribution in [3.8, 4) is 0 Å². The third-order valence-electron chi connectivity index (χ3n) is 2.76. The molecule has 88 valence electrons. The van der Waals surface area contributed by atoms with Gasteiger partial charge in [-0.2, -0.15) is 4.31 Å². The Kier molecular flexibility index (Phi) is 2.81. The van der Waals surface area contributed by atoms with E-state index in [1.54, 1.807) is 13.3 Å². The number of imidazole rings is 1. The van der Waals surface area contributed by atoms with Crippen LogP contribution in [0.5, 0.6) is 0 Å². The molecule has 0 saturated heterocycles. The molecular formula is C9H13N3O3S. The first-order valence-electron chi connectivity index (χ1n) is 5.05. The predicted octanol–water partition coefficient (Wildman–Crippen LogP) is -0.139. The number of sulfonamides is 1. The smallest absolute Gasteiger partial charge is 0.214 e. The lowest BCUT2D eigenvalue weighted by atomic mass is 10.3. The molecule has 16 heavy (non-hydrogen) atoms. The van der Waals surface area contributed by atoms with Crippen LogP contribution in [0, 0.1) is 0 Å². The summed E-state index contributed by atoms with van der Waals surface area (Å²) in [5, 5.41) is 0. The summed E-state index contributed by atoms with van der Waals surface area (Å²) in [7, 11) is -3.19. The summed E-state index contributed by atoms with van der Waals surface area (Å²) in [5.74, 6) is 0.0809. The molecule has 0 aromatic carbocycles. The first-order valence-corrected chi connectivity index (χ1v) is 6.66. The number of aldehydes is 1. The standard InChI is InChI=1S/C9H13N3O3S/c1-2-16(14,15)12-4-3-11-7-10-8(6-13)9(11)5-12/h6-7H,2-5H2,1H3. The van der Waals surface area contributed by atoms with Gasteiger partial charge in [0.15, 0.2) is 6.29 Å². The number of hydrogen-bond donors (Lipinski definition) is 0. The number of aromatic nitrogens is 2. The Morgan fingerprint density at radius 3 is 2.88 bits per heavy atom. The minimum Gasteiger partial charge on any atom is -0.331 e. The van der Waals surface area contributed by atoms with Gasteiger partial charge in [-0.15, -0.1) is 0 Å². The van der Waals surface area contributed by atoms with E-state index in [0.717, 1.165) is 0 Å². The molecule has 6 nitrogen and oxygen atoms in total. The zero-order chi connectivity index (χ0) is 11.8. The SMILES string of the molecule is CCS(=O)(=O)N1CCn2cnc(C=O)c2C1. The largest absolute Gasteiger partial charge is 0.331 e. The summed E-state index contributed by atoms with van der Waals surface area (Å²) < 4.78 is 26.6. The Hall–Kier alpha value is -1.21. The van der Waals surface area contributed by atoms with Crippen molar-refractivity contribution in [2.24, 2.45) is 0 Å². The van der Waals surface area contributed by atoms with Gasteiger partial charge in [-0.25, -0.2) is 13.4 Å². The molecule has 0 radical (unpaired) electrons. The quantitative estimate of drug-likeness (QED) is 0.693. The monoisotopic (exact) mass is 243 g/mol.